The van der Waals surface area contributed by atoms with Crippen LogP contribution >= 0.6 is 11.8 Å². The summed E-state index contributed by atoms with van der Waals surface area (Å²) in [4.78, 5) is 46.8. The van der Waals surface area contributed by atoms with E-state index in [-0.39, 0.29) is 47.9 Å². The molecule has 3 aliphatic heterocycles. The molecule has 0 aromatic heterocycles. The molecule has 270 valence electrons. The van der Waals surface area contributed by atoms with E-state index in [1.54, 1.807) is 46.4 Å². The average molecular weight is 723 g/mol. The van der Waals surface area contributed by atoms with E-state index < -0.39 is 0 Å². The van der Waals surface area contributed by atoms with Gasteiger partial charge in [0.1, 0.15) is 13.2 Å². The maximum Gasteiger partial charge on any atom is 0.257 e. The first-order valence-electron chi connectivity index (χ1n) is 16.8. The van der Waals surface area contributed by atoms with Gasteiger partial charge in [-0.05, 0) is 47.7 Å². The van der Waals surface area contributed by atoms with E-state index in [1.165, 1.54) is 32.9 Å². The van der Waals surface area contributed by atoms with E-state index in [2.05, 4.69) is 24.7 Å². The van der Waals surface area contributed by atoms with Crippen LogP contribution in [0.25, 0.3) is 0 Å². The first-order chi connectivity index (χ1) is 25.0. The summed E-state index contributed by atoms with van der Waals surface area (Å²) in [6, 6.07) is 12.2. The number of rotatable bonds is 12. The number of fused-ring (bicyclic) bond motifs is 2. The van der Waals surface area contributed by atoms with Gasteiger partial charge in [0.15, 0.2) is 28.1 Å². The molecule has 3 aromatic carbocycles. The molecule has 6 rings (SSSR count). The minimum absolute atomic E-state index is 0.00144. The van der Waals surface area contributed by atoms with Crippen molar-refractivity contribution in [3.05, 3.63) is 107 Å². The predicted octanol–water partition coefficient (Wildman–Crippen LogP) is 6.67. The normalized spacial score (nSPS) is 17.8. The number of nitrogens with two attached hydrogens (primary N) is 1. The Morgan fingerprint density at radius 2 is 1.54 bits per heavy atom. The number of methoxy groups -OCH3 is 2. The highest BCUT2D eigenvalue weighted by atomic mass is 32.2. The minimum atomic E-state index is -0.234. The standard InChI is InChI=1S/C40H42N4O7S/c1-7-29-8-23(2)18-43(29)39(46)31-13-35(48-5)37(15-33(31)41)50-20-26-10-27(12-28(11-26)22-52-25(4)45)21-51-38-16-34-32(14-36(38)49-6)40(47)44-19-24(3)9-30(44)17-42-34/h7,10-17,29-30H,1-3,8-9,18-22,41H2,4-6H3/t29-,30+/m1/s1. The Labute approximate surface area is 307 Å². The molecule has 12 heteroatoms. The van der Waals surface area contributed by atoms with Gasteiger partial charge in [-0.1, -0.05) is 54.3 Å². The van der Waals surface area contributed by atoms with Gasteiger partial charge < -0.3 is 34.5 Å². The SMILES string of the molecule is C=C[C@@H]1CC(=C)CN1C(=O)c1cc(OC)c(OCc2cc(COc3cc4c(cc3OC)C(=O)N3CC(=C)C[C@H]3C=N4)cc(CSC(C)=O)c2)cc1N. The molecule has 0 radical (unpaired) electrons. The van der Waals surface area contributed by atoms with E-state index in [9.17, 15) is 14.4 Å². The molecule has 52 heavy (non-hydrogen) atoms. The van der Waals surface area contributed by atoms with Gasteiger partial charge in [-0.2, -0.15) is 0 Å². The number of nitrogens with zero attached hydrogens (tertiary/aromatic N) is 3. The van der Waals surface area contributed by atoms with Crippen molar-refractivity contribution in [2.45, 2.75) is 50.8 Å². The van der Waals surface area contributed by atoms with Crippen molar-refractivity contribution in [1.82, 2.24) is 9.80 Å². The number of ether oxygens (including phenoxy) is 4. The minimum Gasteiger partial charge on any atom is -0.493 e. The highest BCUT2D eigenvalue weighted by Gasteiger charge is 2.34. The van der Waals surface area contributed by atoms with Crippen LogP contribution in [0.5, 0.6) is 23.0 Å². The molecular formula is C40H42N4O7S. The molecule has 2 amide bonds. The lowest BCUT2D eigenvalue weighted by Crippen LogP contribution is -2.35. The molecule has 2 atom stereocenters. The first-order valence-corrected chi connectivity index (χ1v) is 17.8. The fraction of sp³-hybridized carbons (Fsp3) is 0.300. The number of likely N-dealkylation sites (tertiary alicyclic amines) is 1. The van der Waals surface area contributed by atoms with Crippen LogP contribution in [-0.4, -0.2) is 72.3 Å². The lowest BCUT2D eigenvalue weighted by Gasteiger charge is -2.23. The molecule has 0 unspecified atom stereocenters. The largest absolute Gasteiger partial charge is 0.493 e. The Kier molecular flexibility index (Phi) is 10.8. The third kappa shape index (κ3) is 7.71. The number of thioether (sulfide) groups is 1. The number of aliphatic imine (C=N–C) groups is 1. The lowest BCUT2D eigenvalue weighted by atomic mass is 10.1. The molecule has 0 bridgehead atoms. The van der Waals surface area contributed by atoms with Crippen LogP contribution in [0.15, 0.2) is 84.4 Å². The fourth-order valence-corrected chi connectivity index (χ4v) is 7.19. The third-order valence-electron chi connectivity index (χ3n) is 9.19. The Morgan fingerprint density at radius 1 is 0.904 bits per heavy atom. The highest BCUT2D eigenvalue weighted by Crippen LogP contribution is 2.39. The van der Waals surface area contributed by atoms with Gasteiger partial charge in [-0.15, -0.1) is 6.58 Å². The first kappa shape index (κ1) is 36.3. The van der Waals surface area contributed by atoms with Crippen LogP contribution in [0, 0.1) is 0 Å². The quantitative estimate of drug-likeness (QED) is 0.161. The topological polar surface area (TPSA) is 133 Å². The van der Waals surface area contributed by atoms with Crippen molar-refractivity contribution in [3.8, 4) is 23.0 Å². The summed E-state index contributed by atoms with van der Waals surface area (Å²) in [7, 11) is 3.03. The molecule has 2 fully saturated rings. The molecule has 2 N–H and O–H groups in total. The van der Waals surface area contributed by atoms with E-state index in [0.29, 0.717) is 71.5 Å². The number of anilines is 1. The summed E-state index contributed by atoms with van der Waals surface area (Å²) in [5, 5.41) is 0.00144. The van der Waals surface area contributed by atoms with Crippen molar-refractivity contribution in [1.29, 1.82) is 0 Å². The molecule has 3 aliphatic rings. The Bertz CT molecular complexity index is 2010. The van der Waals surface area contributed by atoms with Crippen LogP contribution in [0.3, 0.4) is 0 Å². The molecule has 3 aromatic rings. The molecular weight excluding hydrogens is 681 g/mol. The Hall–Kier alpha value is -5.49. The summed E-state index contributed by atoms with van der Waals surface area (Å²) in [5.74, 6) is 1.68. The van der Waals surface area contributed by atoms with Crippen molar-refractivity contribution < 1.29 is 33.3 Å². The van der Waals surface area contributed by atoms with E-state index in [0.717, 1.165) is 27.8 Å². The summed E-state index contributed by atoms with van der Waals surface area (Å²) < 4.78 is 23.8. The Balaban J connectivity index is 1.22. The van der Waals surface area contributed by atoms with Crippen LogP contribution in [0.1, 0.15) is 57.2 Å². The molecule has 3 heterocycles. The number of amides is 2. The monoisotopic (exact) mass is 722 g/mol. The van der Waals surface area contributed by atoms with Gasteiger partial charge in [0.05, 0.1) is 43.1 Å². The lowest BCUT2D eigenvalue weighted by molar-refractivity contribution is -0.109. The van der Waals surface area contributed by atoms with Gasteiger partial charge >= 0.3 is 0 Å². The van der Waals surface area contributed by atoms with Gasteiger partial charge in [0.2, 0.25) is 0 Å². The van der Waals surface area contributed by atoms with Crippen LogP contribution in [0.2, 0.25) is 0 Å². The zero-order valence-corrected chi connectivity index (χ0v) is 30.4. The fourth-order valence-electron chi connectivity index (χ4n) is 6.65. The summed E-state index contributed by atoms with van der Waals surface area (Å²) >= 11 is 1.20. The van der Waals surface area contributed by atoms with Crippen molar-refractivity contribution in [3.63, 3.8) is 0 Å². The number of carbonyl (C=O) groups is 3. The Morgan fingerprint density at radius 3 is 2.19 bits per heavy atom. The zero-order valence-electron chi connectivity index (χ0n) is 29.6. The molecule has 0 saturated carbocycles. The van der Waals surface area contributed by atoms with Gasteiger partial charge in [0.25, 0.3) is 11.8 Å². The summed E-state index contributed by atoms with van der Waals surface area (Å²) in [5.41, 5.74) is 12.4. The summed E-state index contributed by atoms with van der Waals surface area (Å²) in [6.07, 6.45) is 4.88. The molecule has 0 spiro atoms. The van der Waals surface area contributed by atoms with Gasteiger partial charge in [-0.3, -0.25) is 19.4 Å². The molecule has 0 aliphatic carbocycles. The predicted molar refractivity (Wildman–Crippen MR) is 203 cm³/mol. The highest BCUT2D eigenvalue weighted by molar-refractivity contribution is 8.12. The number of hydrogen-bond acceptors (Lipinski definition) is 10. The van der Waals surface area contributed by atoms with Gasteiger partial charge in [-0.25, -0.2) is 0 Å². The van der Waals surface area contributed by atoms with Crippen molar-refractivity contribution >= 4 is 46.3 Å². The van der Waals surface area contributed by atoms with Gasteiger partial charge in [0, 0.05) is 49.8 Å². The van der Waals surface area contributed by atoms with E-state index in [1.807, 2.05) is 18.2 Å². The smallest absolute Gasteiger partial charge is 0.257 e. The van der Waals surface area contributed by atoms with Crippen LogP contribution < -0.4 is 24.7 Å². The number of carbonyl (C=O) groups excluding carboxylic acids is 3. The molecule has 2 saturated heterocycles. The van der Waals surface area contributed by atoms with Crippen LogP contribution in [-0.2, 0) is 23.8 Å². The summed E-state index contributed by atoms with van der Waals surface area (Å²) in [6.45, 7) is 14.7. The number of hydrogen-bond donors (Lipinski definition) is 1. The van der Waals surface area contributed by atoms with Crippen molar-refractivity contribution in [2.24, 2.45) is 4.99 Å². The number of benzene rings is 3. The van der Waals surface area contributed by atoms with E-state index in [4.69, 9.17) is 24.7 Å². The van der Waals surface area contributed by atoms with Crippen molar-refractivity contribution in [2.75, 3.05) is 33.0 Å². The second-order valence-electron chi connectivity index (χ2n) is 13.0. The van der Waals surface area contributed by atoms with Crippen LogP contribution in [0.4, 0.5) is 11.4 Å². The second kappa shape index (κ2) is 15.4. The molecule has 11 nitrogen and oxygen atoms in total. The maximum atomic E-state index is 13.5. The second-order valence-corrected chi connectivity index (χ2v) is 14.2. The zero-order chi connectivity index (χ0) is 37.1. The average Bonchev–Trinajstić information content (AvgIpc) is 3.68. The maximum absolute atomic E-state index is 13.5. The third-order valence-corrected chi connectivity index (χ3v) is 10.1. The number of nitrogen functional groups attached to an aromatic ring is 1. The van der Waals surface area contributed by atoms with E-state index >= 15 is 0 Å².